The van der Waals surface area contributed by atoms with Gasteiger partial charge in [-0.3, -0.25) is 0 Å². The Morgan fingerprint density at radius 3 is 2.48 bits per heavy atom. The summed E-state index contributed by atoms with van der Waals surface area (Å²) in [6.45, 7) is 6.73. The molecule has 0 aliphatic heterocycles. The van der Waals surface area contributed by atoms with Crippen molar-refractivity contribution < 1.29 is 13.2 Å². The van der Waals surface area contributed by atoms with Gasteiger partial charge in [0.15, 0.2) is 0 Å². The zero-order valence-corrected chi connectivity index (χ0v) is 14.3. The molecule has 0 saturated carbocycles. The van der Waals surface area contributed by atoms with Crippen LogP contribution in [0.25, 0.3) is 0 Å². The van der Waals surface area contributed by atoms with Gasteiger partial charge in [0.25, 0.3) is 0 Å². The van der Waals surface area contributed by atoms with Crippen LogP contribution in [0.2, 0.25) is 0 Å². The van der Waals surface area contributed by atoms with Crippen LogP contribution < -0.4 is 10.0 Å². The van der Waals surface area contributed by atoms with E-state index in [9.17, 15) is 8.42 Å². The lowest BCUT2D eigenvalue weighted by Crippen LogP contribution is -2.41. The highest BCUT2D eigenvalue weighted by atomic mass is 32.2. The molecule has 1 unspecified atom stereocenters. The summed E-state index contributed by atoms with van der Waals surface area (Å²) in [5.41, 5.74) is 1.68. The maximum atomic E-state index is 12.6. The maximum absolute atomic E-state index is 12.6. The molecule has 0 aliphatic rings. The lowest BCUT2D eigenvalue weighted by Gasteiger charge is -2.22. The summed E-state index contributed by atoms with van der Waals surface area (Å²) in [5.74, 6) is 0.153. The smallest absolute Gasteiger partial charge is 0.241 e. The van der Waals surface area contributed by atoms with E-state index >= 15 is 0 Å². The highest BCUT2D eigenvalue weighted by molar-refractivity contribution is 7.89. The molecule has 1 rings (SSSR count). The third kappa shape index (κ3) is 5.07. The van der Waals surface area contributed by atoms with E-state index < -0.39 is 10.0 Å². The average Bonchev–Trinajstić information content (AvgIpc) is 2.40. The minimum atomic E-state index is -3.56. The van der Waals surface area contributed by atoms with E-state index in [1.807, 2.05) is 33.0 Å². The van der Waals surface area contributed by atoms with Crippen LogP contribution in [0.15, 0.2) is 23.1 Å². The van der Waals surface area contributed by atoms with Crippen molar-refractivity contribution in [2.24, 2.45) is 5.92 Å². The van der Waals surface area contributed by atoms with Crippen LogP contribution in [-0.2, 0) is 21.3 Å². The van der Waals surface area contributed by atoms with Crippen LogP contribution in [0.5, 0.6) is 0 Å². The van der Waals surface area contributed by atoms with Crippen molar-refractivity contribution in [2.75, 3.05) is 20.8 Å². The summed E-state index contributed by atoms with van der Waals surface area (Å²) in [6.07, 6.45) is 0. The molecule has 120 valence electrons. The molecule has 6 heteroatoms. The molecule has 0 bridgehead atoms. The number of benzene rings is 1. The average molecular weight is 314 g/mol. The summed E-state index contributed by atoms with van der Waals surface area (Å²) < 4.78 is 33.1. The second kappa shape index (κ2) is 7.89. The van der Waals surface area contributed by atoms with Gasteiger partial charge >= 0.3 is 0 Å². The van der Waals surface area contributed by atoms with Crippen LogP contribution in [0, 0.1) is 12.8 Å². The van der Waals surface area contributed by atoms with E-state index in [1.165, 1.54) is 0 Å². The van der Waals surface area contributed by atoms with E-state index in [2.05, 4.69) is 10.0 Å². The Bertz CT molecular complexity index is 556. The fourth-order valence-electron chi connectivity index (χ4n) is 2.05. The molecule has 0 aromatic heterocycles. The topological polar surface area (TPSA) is 67.4 Å². The van der Waals surface area contributed by atoms with Crippen LogP contribution in [0.4, 0.5) is 0 Å². The van der Waals surface area contributed by atoms with Crippen molar-refractivity contribution in [3.8, 4) is 0 Å². The molecular formula is C15H26N2O3S. The molecule has 5 nitrogen and oxygen atoms in total. The SMILES string of the molecule is CNCc1ccc(C)c(S(=O)(=O)NC(COC)C(C)C)c1. The first-order valence-corrected chi connectivity index (χ1v) is 8.55. The number of rotatable bonds is 8. The third-order valence-electron chi connectivity index (χ3n) is 3.38. The summed E-state index contributed by atoms with van der Waals surface area (Å²) in [7, 11) is -0.151. The minimum Gasteiger partial charge on any atom is -0.383 e. The summed E-state index contributed by atoms with van der Waals surface area (Å²) in [5, 5.41) is 3.03. The second-order valence-electron chi connectivity index (χ2n) is 5.56. The van der Waals surface area contributed by atoms with Gasteiger partial charge in [-0.1, -0.05) is 26.0 Å². The quantitative estimate of drug-likeness (QED) is 0.766. The van der Waals surface area contributed by atoms with E-state index in [0.29, 0.717) is 18.0 Å². The fourth-order valence-corrected chi connectivity index (χ4v) is 3.72. The first-order valence-electron chi connectivity index (χ1n) is 7.07. The highest BCUT2D eigenvalue weighted by Crippen LogP contribution is 2.18. The lowest BCUT2D eigenvalue weighted by atomic mass is 10.1. The van der Waals surface area contributed by atoms with Crippen molar-refractivity contribution >= 4 is 10.0 Å². The lowest BCUT2D eigenvalue weighted by molar-refractivity contribution is 0.157. The van der Waals surface area contributed by atoms with E-state index in [1.54, 1.807) is 20.1 Å². The van der Waals surface area contributed by atoms with Crippen LogP contribution in [-0.4, -0.2) is 35.2 Å². The molecule has 0 aliphatic carbocycles. The molecule has 1 aromatic rings. The van der Waals surface area contributed by atoms with Gasteiger partial charge in [0.2, 0.25) is 10.0 Å². The van der Waals surface area contributed by atoms with Gasteiger partial charge in [0.1, 0.15) is 0 Å². The van der Waals surface area contributed by atoms with Crippen molar-refractivity contribution in [1.82, 2.24) is 10.0 Å². The minimum absolute atomic E-state index is 0.153. The molecule has 0 heterocycles. The second-order valence-corrected chi connectivity index (χ2v) is 7.24. The highest BCUT2D eigenvalue weighted by Gasteiger charge is 2.24. The molecule has 0 radical (unpaired) electrons. The zero-order valence-electron chi connectivity index (χ0n) is 13.4. The number of methoxy groups -OCH3 is 1. The first-order chi connectivity index (χ1) is 9.81. The zero-order chi connectivity index (χ0) is 16.0. The predicted octanol–water partition coefficient (Wildman–Crippen LogP) is 1.66. The monoisotopic (exact) mass is 314 g/mol. The van der Waals surface area contributed by atoms with Crippen molar-refractivity contribution in [2.45, 2.75) is 38.3 Å². The van der Waals surface area contributed by atoms with Crippen molar-refractivity contribution in [1.29, 1.82) is 0 Å². The van der Waals surface area contributed by atoms with Gasteiger partial charge in [-0.15, -0.1) is 0 Å². The largest absolute Gasteiger partial charge is 0.383 e. The Morgan fingerprint density at radius 2 is 1.95 bits per heavy atom. The number of nitrogens with one attached hydrogen (secondary N) is 2. The molecule has 0 spiro atoms. The summed E-state index contributed by atoms with van der Waals surface area (Å²) in [6, 6.07) is 5.24. The van der Waals surface area contributed by atoms with Crippen molar-refractivity contribution in [3.63, 3.8) is 0 Å². The van der Waals surface area contributed by atoms with E-state index in [0.717, 1.165) is 11.1 Å². The standard InChI is InChI=1S/C15H26N2O3S/c1-11(2)14(10-20-5)17-21(18,19)15-8-13(9-16-4)7-6-12(15)3/h6-8,11,14,16-17H,9-10H2,1-5H3. The van der Waals surface area contributed by atoms with Crippen LogP contribution in [0.1, 0.15) is 25.0 Å². The van der Waals surface area contributed by atoms with Crippen molar-refractivity contribution in [3.05, 3.63) is 29.3 Å². The molecule has 1 atom stereocenters. The Balaban J connectivity index is 3.08. The predicted molar refractivity (Wildman–Crippen MR) is 84.8 cm³/mol. The number of aryl methyl sites for hydroxylation is 1. The van der Waals surface area contributed by atoms with Gasteiger partial charge in [-0.2, -0.15) is 0 Å². The Morgan fingerprint density at radius 1 is 1.29 bits per heavy atom. The Hall–Kier alpha value is -0.950. The van der Waals surface area contributed by atoms with Gasteiger partial charge < -0.3 is 10.1 Å². The van der Waals surface area contributed by atoms with E-state index in [4.69, 9.17) is 4.74 Å². The van der Waals surface area contributed by atoms with Gasteiger partial charge in [-0.05, 0) is 37.1 Å². The molecule has 0 saturated heterocycles. The number of hydrogen-bond donors (Lipinski definition) is 2. The molecule has 2 N–H and O–H groups in total. The van der Waals surface area contributed by atoms with Gasteiger partial charge in [-0.25, -0.2) is 13.1 Å². The molecule has 21 heavy (non-hydrogen) atoms. The Kier molecular flexibility index (Phi) is 6.80. The molecular weight excluding hydrogens is 288 g/mol. The number of ether oxygens (including phenoxy) is 1. The van der Waals surface area contributed by atoms with E-state index in [-0.39, 0.29) is 12.0 Å². The summed E-state index contributed by atoms with van der Waals surface area (Å²) >= 11 is 0. The normalized spacial score (nSPS) is 13.6. The van der Waals surface area contributed by atoms with Gasteiger partial charge in [0, 0.05) is 19.7 Å². The number of sulfonamides is 1. The molecule has 0 fully saturated rings. The molecule has 1 aromatic carbocycles. The fraction of sp³-hybridized carbons (Fsp3) is 0.600. The third-order valence-corrected chi connectivity index (χ3v) is 5.01. The first kappa shape index (κ1) is 18.1. The number of hydrogen-bond acceptors (Lipinski definition) is 4. The van der Waals surface area contributed by atoms with Crippen LogP contribution >= 0.6 is 0 Å². The van der Waals surface area contributed by atoms with Crippen LogP contribution in [0.3, 0.4) is 0 Å². The molecule has 0 amide bonds. The summed E-state index contributed by atoms with van der Waals surface area (Å²) in [4.78, 5) is 0.331. The maximum Gasteiger partial charge on any atom is 0.241 e. The Labute approximate surface area is 128 Å². The van der Waals surface area contributed by atoms with Gasteiger partial charge in [0.05, 0.1) is 11.5 Å².